The Kier molecular flexibility index (Phi) is 4.15. The van der Waals surface area contributed by atoms with Gasteiger partial charge in [0.25, 0.3) is 0 Å². The highest BCUT2D eigenvalue weighted by atomic mass is 32.2. The molecule has 0 spiro atoms. The van der Waals surface area contributed by atoms with Crippen LogP contribution in [0.2, 0.25) is 0 Å². The Balaban J connectivity index is 2.44. The van der Waals surface area contributed by atoms with Crippen LogP contribution in [-0.4, -0.2) is 24.5 Å². The van der Waals surface area contributed by atoms with Gasteiger partial charge in [-0.25, -0.2) is 18.2 Å². The van der Waals surface area contributed by atoms with E-state index in [9.17, 15) is 13.2 Å². The highest BCUT2D eigenvalue weighted by molar-refractivity contribution is 7.90. The summed E-state index contributed by atoms with van der Waals surface area (Å²) in [5.41, 5.74) is 1.32. The lowest BCUT2D eigenvalue weighted by Crippen LogP contribution is -2.08. The number of thiazole rings is 1. The third-order valence-corrected chi connectivity index (χ3v) is 6.18. The second-order valence-corrected chi connectivity index (χ2v) is 8.04. The molecular weight excluding hydrogens is 310 g/mol. The molecule has 0 bridgehead atoms. The molecule has 0 aliphatic rings. The normalized spacial score (nSPS) is 11.6. The maximum absolute atomic E-state index is 12.5. The Morgan fingerprint density at radius 2 is 1.95 bits per heavy atom. The lowest BCUT2D eigenvalue weighted by atomic mass is 10.1. The molecule has 0 saturated carbocycles. The number of benzene rings is 1. The van der Waals surface area contributed by atoms with Crippen LogP contribution in [0.5, 0.6) is 0 Å². The monoisotopic (exact) mass is 325 g/mol. The summed E-state index contributed by atoms with van der Waals surface area (Å²) < 4.78 is 25.0. The van der Waals surface area contributed by atoms with Crippen LogP contribution >= 0.6 is 11.3 Å². The van der Waals surface area contributed by atoms with Gasteiger partial charge in [0, 0.05) is 4.88 Å². The summed E-state index contributed by atoms with van der Waals surface area (Å²) in [5.74, 6) is -1.36. The largest absolute Gasteiger partial charge is 0.478 e. The summed E-state index contributed by atoms with van der Waals surface area (Å²) in [4.78, 5) is 16.3. The Labute approximate surface area is 127 Å². The van der Waals surface area contributed by atoms with Crippen molar-refractivity contribution < 1.29 is 18.3 Å². The van der Waals surface area contributed by atoms with Crippen LogP contribution in [0.1, 0.15) is 31.5 Å². The average Bonchev–Trinajstić information content (AvgIpc) is 2.67. The molecule has 0 aliphatic carbocycles. The minimum absolute atomic E-state index is 0.0364. The second-order valence-electron chi connectivity index (χ2n) is 4.79. The van der Waals surface area contributed by atoms with Crippen LogP contribution in [0.15, 0.2) is 23.1 Å². The first-order valence-electron chi connectivity index (χ1n) is 6.20. The summed E-state index contributed by atoms with van der Waals surface area (Å²) in [6.07, 6.45) is 0. The molecule has 0 fully saturated rings. The fourth-order valence-electron chi connectivity index (χ4n) is 1.91. The van der Waals surface area contributed by atoms with Gasteiger partial charge in [-0.05, 0) is 38.5 Å². The highest BCUT2D eigenvalue weighted by Crippen LogP contribution is 2.25. The van der Waals surface area contributed by atoms with Gasteiger partial charge in [0.15, 0.2) is 9.84 Å². The lowest BCUT2D eigenvalue weighted by molar-refractivity contribution is 0.0696. The lowest BCUT2D eigenvalue weighted by Gasteiger charge is -2.07. The first-order valence-corrected chi connectivity index (χ1v) is 8.67. The molecule has 5 nitrogen and oxygen atoms in total. The molecule has 1 aromatic carbocycles. The number of hydrogen-bond acceptors (Lipinski definition) is 5. The van der Waals surface area contributed by atoms with Crippen LogP contribution in [0.4, 0.5) is 0 Å². The van der Waals surface area contributed by atoms with Crippen molar-refractivity contribution in [2.75, 3.05) is 0 Å². The van der Waals surface area contributed by atoms with E-state index in [0.29, 0.717) is 10.6 Å². The van der Waals surface area contributed by atoms with Gasteiger partial charge < -0.3 is 5.11 Å². The molecule has 0 saturated heterocycles. The smallest absolute Gasteiger partial charge is 0.335 e. The van der Waals surface area contributed by atoms with Crippen molar-refractivity contribution in [1.29, 1.82) is 0 Å². The summed E-state index contributed by atoms with van der Waals surface area (Å²) in [5, 5.41) is 9.51. The van der Waals surface area contributed by atoms with Crippen molar-refractivity contribution in [2.24, 2.45) is 0 Å². The summed E-state index contributed by atoms with van der Waals surface area (Å²) in [7, 11) is -3.62. The van der Waals surface area contributed by atoms with Crippen LogP contribution < -0.4 is 0 Å². The molecule has 0 amide bonds. The summed E-state index contributed by atoms with van der Waals surface area (Å²) in [6, 6.07) is 4.11. The van der Waals surface area contributed by atoms with E-state index >= 15 is 0 Å². The molecule has 1 aromatic heterocycles. The van der Waals surface area contributed by atoms with Crippen LogP contribution in [0.3, 0.4) is 0 Å². The van der Waals surface area contributed by atoms with E-state index < -0.39 is 15.8 Å². The quantitative estimate of drug-likeness (QED) is 0.934. The summed E-state index contributed by atoms with van der Waals surface area (Å²) in [6.45, 7) is 5.37. The first-order chi connectivity index (χ1) is 9.70. The number of aromatic nitrogens is 1. The maximum atomic E-state index is 12.5. The van der Waals surface area contributed by atoms with Crippen LogP contribution in [0, 0.1) is 20.8 Å². The molecule has 0 radical (unpaired) electrons. The molecule has 2 aromatic rings. The van der Waals surface area contributed by atoms with Crippen molar-refractivity contribution >= 4 is 27.1 Å². The SMILES string of the molecule is Cc1ccc(C(=O)O)cc1S(=O)(=O)Cc1nc(C)c(C)s1. The van der Waals surface area contributed by atoms with Crippen molar-refractivity contribution in [2.45, 2.75) is 31.4 Å². The van der Waals surface area contributed by atoms with Crippen molar-refractivity contribution in [3.63, 3.8) is 0 Å². The third-order valence-electron chi connectivity index (χ3n) is 3.16. The van der Waals surface area contributed by atoms with Crippen molar-refractivity contribution in [1.82, 2.24) is 4.98 Å². The van der Waals surface area contributed by atoms with Gasteiger partial charge in [0.05, 0.1) is 16.2 Å². The number of carbonyl (C=O) groups is 1. The zero-order valence-electron chi connectivity index (χ0n) is 11.9. The number of sulfone groups is 1. The average molecular weight is 325 g/mol. The van der Waals surface area contributed by atoms with Crippen LogP contribution in [0.25, 0.3) is 0 Å². The Morgan fingerprint density at radius 1 is 1.29 bits per heavy atom. The molecule has 7 heteroatoms. The highest BCUT2D eigenvalue weighted by Gasteiger charge is 2.21. The fraction of sp³-hybridized carbons (Fsp3) is 0.286. The maximum Gasteiger partial charge on any atom is 0.335 e. The van der Waals surface area contributed by atoms with Crippen molar-refractivity contribution in [3.8, 4) is 0 Å². The number of aromatic carboxylic acids is 1. The standard InChI is InChI=1S/C14H15NO4S2/c1-8-4-5-11(14(16)17)6-12(8)21(18,19)7-13-15-9(2)10(3)20-13/h4-6H,7H2,1-3H3,(H,16,17). The first kappa shape index (κ1) is 15.7. The third kappa shape index (κ3) is 3.30. The van der Waals surface area contributed by atoms with Gasteiger partial charge >= 0.3 is 5.97 Å². The van der Waals surface area contributed by atoms with Gasteiger partial charge in [0.1, 0.15) is 10.8 Å². The molecule has 2 rings (SSSR count). The topological polar surface area (TPSA) is 84.3 Å². The minimum atomic E-state index is -3.62. The number of nitrogens with zero attached hydrogens (tertiary/aromatic N) is 1. The van der Waals surface area contributed by atoms with E-state index in [4.69, 9.17) is 5.11 Å². The second kappa shape index (κ2) is 5.57. The van der Waals surface area contributed by atoms with E-state index in [2.05, 4.69) is 4.98 Å². The summed E-state index contributed by atoms with van der Waals surface area (Å²) >= 11 is 1.35. The molecule has 0 atom stereocenters. The van der Waals surface area contributed by atoms with E-state index in [-0.39, 0.29) is 16.2 Å². The molecular formula is C14H15NO4S2. The van der Waals surface area contributed by atoms with E-state index in [1.165, 1.54) is 29.5 Å². The van der Waals surface area contributed by atoms with Gasteiger partial charge in [0.2, 0.25) is 0 Å². The Morgan fingerprint density at radius 3 is 2.48 bits per heavy atom. The number of carboxylic acid groups (broad SMARTS) is 1. The molecule has 1 heterocycles. The Hall–Kier alpha value is -1.73. The molecule has 0 unspecified atom stereocenters. The predicted molar refractivity (Wildman–Crippen MR) is 80.6 cm³/mol. The molecule has 112 valence electrons. The van der Waals surface area contributed by atoms with E-state index in [1.54, 1.807) is 6.92 Å². The minimum Gasteiger partial charge on any atom is -0.478 e. The zero-order chi connectivity index (χ0) is 15.8. The van der Waals surface area contributed by atoms with Gasteiger partial charge in [-0.1, -0.05) is 6.07 Å². The fourth-order valence-corrected chi connectivity index (χ4v) is 4.75. The van der Waals surface area contributed by atoms with Crippen molar-refractivity contribution in [3.05, 3.63) is 44.9 Å². The van der Waals surface area contributed by atoms with Gasteiger partial charge in [-0.15, -0.1) is 11.3 Å². The van der Waals surface area contributed by atoms with E-state index in [1.807, 2.05) is 13.8 Å². The zero-order valence-corrected chi connectivity index (χ0v) is 13.5. The molecule has 1 N–H and O–H groups in total. The van der Waals surface area contributed by atoms with Gasteiger partial charge in [-0.3, -0.25) is 0 Å². The van der Waals surface area contributed by atoms with Crippen LogP contribution in [-0.2, 0) is 15.6 Å². The van der Waals surface area contributed by atoms with Gasteiger partial charge in [-0.2, -0.15) is 0 Å². The number of rotatable bonds is 4. The molecule has 0 aliphatic heterocycles. The van der Waals surface area contributed by atoms with E-state index in [0.717, 1.165) is 10.6 Å². The number of carboxylic acids is 1. The Bertz CT molecular complexity index is 787. The predicted octanol–water partition coefficient (Wildman–Crippen LogP) is 2.74. The number of hydrogen-bond donors (Lipinski definition) is 1. The molecule has 21 heavy (non-hydrogen) atoms. The number of aryl methyl sites for hydroxylation is 3.